The third-order valence-electron chi connectivity index (χ3n) is 13.3. The van der Waals surface area contributed by atoms with E-state index in [2.05, 4.69) is 45.0 Å². The van der Waals surface area contributed by atoms with Gasteiger partial charge in [0.05, 0.1) is 65.5 Å². The van der Waals surface area contributed by atoms with Crippen LogP contribution < -0.4 is 0 Å². The first-order chi connectivity index (χ1) is 29.8. The van der Waals surface area contributed by atoms with Crippen LogP contribution in [-0.2, 0) is 39.5 Å². The summed E-state index contributed by atoms with van der Waals surface area (Å²) in [6, 6.07) is 24.3. The molecular weight excluding hydrogens is 833 g/mol. The van der Waals surface area contributed by atoms with E-state index in [-0.39, 0.29) is 43.9 Å². The zero-order valence-electron chi connectivity index (χ0n) is 37.1. The Bertz CT molecular complexity index is 1920. The predicted octanol–water partition coefficient (Wildman–Crippen LogP) is 7.88. The zero-order chi connectivity index (χ0) is 44.8. The van der Waals surface area contributed by atoms with Gasteiger partial charge in [-0.3, -0.25) is 15.0 Å². The summed E-state index contributed by atoms with van der Waals surface area (Å²) < 4.78 is 44.8. The summed E-state index contributed by atoms with van der Waals surface area (Å²) in [5.74, 6) is -0.106. The Kier molecular flexibility index (Phi) is 16.3. The van der Waals surface area contributed by atoms with Gasteiger partial charge in [0.15, 0.2) is 20.9 Å². The van der Waals surface area contributed by atoms with Gasteiger partial charge >= 0.3 is 6.09 Å². The van der Waals surface area contributed by atoms with E-state index in [0.717, 1.165) is 40.4 Å². The molecule has 3 aliphatic rings. The van der Waals surface area contributed by atoms with Crippen molar-refractivity contribution >= 4 is 31.9 Å². The maximum Gasteiger partial charge on any atom is 0.410 e. The van der Waals surface area contributed by atoms with Crippen molar-refractivity contribution in [2.24, 2.45) is 0 Å². The zero-order valence-corrected chi connectivity index (χ0v) is 39.0. The van der Waals surface area contributed by atoms with Crippen molar-refractivity contribution in [3.05, 3.63) is 99.6 Å². The van der Waals surface area contributed by atoms with E-state index in [9.17, 15) is 25.1 Å². The van der Waals surface area contributed by atoms with Crippen LogP contribution in [0.5, 0.6) is 0 Å². The summed E-state index contributed by atoms with van der Waals surface area (Å²) in [4.78, 5) is 27.3. The highest BCUT2D eigenvalue weighted by Crippen LogP contribution is 2.48. The molecule has 2 aliphatic heterocycles. The number of aliphatic hydroxyl groups is 2. The number of nitrogens with zero attached hydrogens (tertiary/aromatic N) is 2. The molecule has 1 amide bonds. The van der Waals surface area contributed by atoms with Gasteiger partial charge in [-0.2, -0.15) is 11.8 Å². The molecular formula is C46H64N2O12SSi. The van der Waals surface area contributed by atoms with Crippen LogP contribution in [0.25, 0.3) is 11.1 Å². The number of amides is 1. The lowest BCUT2D eigenvalue weighted by Crippen LogP contribution is -2.72. The van der Waals surface area contributed by atoms with Crippen LogP contribution in [0, 0.1) is 10.1 Å². The number of nitro benzene ring substituents is 1. The summed E-state index contributed by atoms with van der Waals surface area (Å²) in [6.07, 6.45) is -4.94. The summed E-state index contributed by atoms with van der Waals surface area (Å²) in [5.41, 5.74) is 4.77. The highest BCUT2D eigenvalue weighted by Gasteiger charge is 2.62. The van der Waals surface area contributed by atoms with Gasteiger partial charge in [0.25, 0.3) is 5.69 Å². The summed E-state index contributed by atoms with van der Waals surface area (Å²) in [5, 5.41) is 34.2. The lowest BCUT2D eigenvalue weighted by Gasteiger charge is -2.56. The monoisotopic (exact) mass is 896 g/mol. The third kappa shape index (κ3) is 9.51. The third-order valence-corrected chi connectivity index (χ3v) is 19.5. The molecule has 6 rings (SSSR count). The van der Waals surface area contributed by atoms with E-state index in [1.165, 1.54) is 17.8 Å². The molecule has 16 heteroatoms. The van der Waals surface area contributed by atoms with Gasteiger partial charge in [-0.25, -0.2) is 4.79 Å². The second-order valence-electron chi connectivity index (χ2n) is 16.6. The highest BCUT2D eigenvalue weighted by molar-refractivity contribution is 8.00. The number of aliphatic hydroxyl groups excluding tert-OH is 2. The molecule has 14 nitrogen and oxygen atoms in total. The van der Waals surface area contributed by atoms with Gasteiger partial charge in [-0.1, -0.05) is 81.4 Å². The number of nitro groups is 1. The molecule has 0 unspecified atom stereocenters. The number of carbonyl (C=O) groups excluding carboxylic acids is 1. The van der Waals surface area contributed by atoms with Crippen LogP contribution >= 0.6 is 11.8 Å². The number of benzene rings is 3. The number of hydrogen-bond donors (Lipinski definition) is 2. The second-order valence-corrected chi connectivity index (χ2v) is 22.5. The van der Waals surface area contributed by atoms with Crippen LogP contribution in [0.2, 0.25) is 18.1 Å². The quantitative estimate of drug-likeness (QED) is 0.0678. The molecule has 2 heterocycles. The molecule has 2 N–H and O–H groups in total. The molecule has 2 fully saturated rings. The van der Waals surface area contributed by atoms with Gasteiger partial charge < -0.3 is 43.1 Å². The minimum Gasteiger partial charge on any atom is -0.448 e. The molecule has 1 aliphatic carbocycles. The van der Waals surface area contributed by atoms with Gasteiger partial charge in [0.1, 0.15) is 12.7 Å². The Balaban J connectivity index is 1.27. The largest absolute Gasteiger partial charge is 0.448 e. The van der Waals surface area contributed by atoms with Crippen LogP contribution in [0.4, 0.5) is 10.5 Å². The molecule has 0 spiro atoms. The standard InChI is InChI=1S/C46H64N2O12SSi/c1-9-62(10-2,11-3)60-43-42(44(58-30(6)46(43,61-8)40(50)25-49)56-26-31-18-12-17-23-37(31)48(52)53)59-41-24-39(54-7)38(28-55-41)47(29(4)5)45(51)57-27-36-34-21-15-13-19-32(34)33-20-14-16-22-35(33)36/h12-23,29-30,36,38-44,49-50H,9-11,24-28H2,1-8H3/t30-,38+,39+,40+,41+,42-,43-,44-,46-/m1/s1. The molecule has 340 valence electrons. The maximum atomic E-state index is 14.1. The number of fused-ring (bicyclic) bond motifs is 3. The Morgan fingerprint density at radius 1 is 1.02 bits per heavy atom. The fourth-order valence-electron chi connectivity index (χ4n) is 9.63. The maximum absolute atomic E-state index is 14.1. The van der Waals surface area contributed by atoms with Gasteiger partial charge in [-0.15, -0.1) is 0 Å². The first-order valence-electron chi connectivity index (χ1n) is 21.8. The normalized spacial score (nSPS) is 26.8. The molecule has 0 bridgehead atoms. The molecule has 9 atom stereocenters. The van der Waals surface area contributed by atoms with Gasteiger partial charge in [-0.05, 0) is 73.5 Å². The number of rotatable bonds is 19. The van der Waals surface area contributed by atoms with Crippen molar-refractivity contribution in [1.82, 2.24) is 4.90 Å². The number of carbonyl (C=O) groups is 1. The number of methoxy groups -OCH3 is 1. The fourth-order valence-corrected chi connectivity index (χ4v) is 13.7. The van der Waals surface area contributed by atoms with Crippen LogP contribution in [0.3, 0.4) is 0 Å². The Morgan fingerprint density at radius 2 is 1.63 bits per heavy atom. The summed E-state index contributed by atoms with van der Waals surface area (Å²) >= 11 is 1.34. The lowest BCUT2D eigenvalue weighted by atomic mass is 9.84. The van der Waals surface area contributed by atoms with Crippen molar-refractivity contribution in [2.75, 3.05) is 33.2 Å². The topological polar surface area (TPSA) is 169 Å². The minimum absolute atomic E-state index is 0.0489. The Labute approximate surface area is 370 Å². The molecule has 3 aromatic rings. The van der Waals surface area contributed by atoms with Crippen molar-refractivity contribution in [2.45, 2.75) is 139 Å². The smallest absolute Gasteiger partial charge is 0.410 e. The average Bonchev–Trinajstić information content (AvgIpc) is 3.61. The number of para-hydroxylation sites is 1. The van der Waals surface area contributed by atoms with E-state index < -0.39 is 79.8 Å². The first kappa shape index (κ1) is 48.0. The molecule has 0 aromatic heterocycles. The van der Waals surface area contributed by atoms with Gasteiger partial charge in [0.2, 0.25) is 0 Å². The Hall–Kier alpha value is -3.42. The molecule has 2 saturated heterocycles. The predicted molar refractivity (Wildman–Crippen MR) is 239 cm³/mol. The molecule has 3 aromatic carbocycles. The summed E-state index contributed by atoms with van der Waals surface area (Å²) in [6.45, 7) is 11.5. The molecule has 0 saturated carbocycles. The van der Waals surface area contributed by atoms with Crippen LogP contribution in [0.1, 0.15) is 70.6 Å². The summed E-state index contributed by atoms with van der Waals surface area (Å²) in [7, 11) is -0.895. The van der Waals surface area contributed by atoms with E-state index in [4.69, 9.17) is 32.8 Å². The van der Waals surface area contributed by atoms with E-state index in [0.29, 0.717) is 5.56 Å². The lowest BCUT2D eigenvalue weighted by molar-refractivity contribution is -0.386. The van der Waals surface area contributed by atoms with E-state index in [1.54, 1.807) is 30.2 Å². The SMILES string of the molecule is CC[Si](CC)(CC)O[C@@H]1[C@@H](O[C@H]2C[C@H](OC)[C@@H](N(C(=O)OCC3c4ccccc4-c4ccccc43)C(C)C)CO2)[C@H](OCc2ccccc2[N+](=O)[O-])O[C@H](C)[C@@]1(SC)[C@@H](O)CO. The first-order valence-corrected chi connectivity index (χ1v) is 25.5. The number of hydrogen-bond acceptors (Lipinski definition) is 13. The van der Waals surface area contributed by atoms with E-state index in [1.807, 2.05) is 51.3 Å². The number of thioether (sulfide) groups is 1. The highest BCUT2D eigenvalue weighted by atomic mass is 32.2. The van der Waals surface area contributed by atoms with Gasteiger partial charge in [0, 0.05) is 31.6 Å². The average molecular weight is 897 g/mol. The van der Waals surface area contributed by atoms with Crippen molar-refractivity contribution in [3.8, 4) is 11.1 Å². The Morgan fingerprint density at radius 3 is 2.19 bits per heavy atom. The fraction of sp³-hybridized carbons (Fsp3) is 0.587. The van der Waals surface area contributed by atoms with Crippen molar-refractivity contribution in [1.29, 1.82) is 0 Å². The molecule has 0 radical (unpaired) electrons. The minimum atomic E-state index is -2.48. The molecule has 62 heavy (non-hydrogen) atoms. The van der Waals surface area contributed by atoms with Crippen LogP contribution in [-0.4, -0.2) is 128 Å². The van der Waals surface area contributed by atoms with Crippen molar-refractivity contribution in [3.63, 3.8) is 0 Å². The van der Waals surface area contributed by atoms with E-state index >= 15 is 0 Å². The number of ether oxygens (including phenoxy) is 6. The second kappa shape index (κ2) is 21.0. The van der Waals surface area contributed by atoms with Crippen LogP contribution in [0.15, 0.2) is 72.8 Å². The van der Waals surface area contributed by atoms with Crippen molar-refractivity contribution < 1.29 is 52.8 Å².